The molecule has 1 amide bonds. The monoisotopic (exact) mass is 305 g/mol. The number of carbonyl (C=O) groups excluding carboxylic acids is 1. The number of carbonyl (C=O) groups is 1. The third-order valence-corrected chi connectivity index (χ3v) is 4.21. The van der Waals surface area contributed by atoms with E-state index in [9.17, 15) is 14.9 Å². The number of nitrogens with zero attached hydrogens (tertiary/aromatic N) is 2. The summed E-state index contributed by atoms with van der Waals surface area (Å²) in [6, 6.07) is 6.37. The van der Waals surface area contributed by atoms with Crippen molar-refractivity contribution in [2.75, 3.05) is 25.5 Å². The highest BCUT2D eigenvalue weighted by molar-refractivity contribution is 5.81. The molecular weight excluding hydrogens is 282 g/mol. The van der Waals surface area contributed by atoms with E-state index in [0.29, 0.717) is 11.6 Å². The van der Waals surface area contributed by atoms with E-state index in [1.54, 1.807) is 30.1 Å². The van der Waals surface area contributed by atoms with Gasteiger partial charge in [-0.05, 0) is 24.8 Å². The zero-order valence-electron chi connectivity index (χ0n) is 13.0. The summed E-state index contributed by atoms with van der Waals surface area (Å²) >= 11 is 0. The van der Waals surface area contributed by atoms with Gasteiger partial charge in [-0.15, -0.1) is 0 Å². The molecule has 0 heterocycles. The van der Waals surface area contributed by atoms with Crippen LogP contribution in [0.5, 0.6) is 0 Å². The first-order valence-electron chi connectivity index (χ1n) is 7.79. The van der Waals surface area contributed by atoms with Crippen LogP contribution in [0.3, 0.4) is 0 Å². The second kappa shape index (κ2) is 7.77. The number of likely N-dealkylation sites (N-methyl/N-ethyl adjacent to an activating group) is 1. The Hall–Kier alpha value is -2.11. The number of hydrogen-bond donors (Lipinski definition) is 1. The number of amides is 1. The van der Waals surface area contributed by atoms with Gasteiger partial charge in [0.25, 0.3) is 5.69 Å². The summed E-state index contributed by atoms with van der Waals surface area (Å²) in [7, 11) is 1.80. The van der Waals surface area contributed by atoms with Crippen LogP contribution in [0, 0.1) is 16.0 Å². The molecule has 2 rings (SSSR count). The van der Waals surface area contributed by atoms with Crippen LogP contribution in [0.1, 0.15) is 32.1 Å². The van der Waals surface area contributed by atoms with Crippen molar-refractivity contribution in [3.05, 3.63) is 34.4 Å². The Balaban J connectivity index is 1.85. The SMILES string of the molecule is CN(CC1CCCCC1)C(=O)CNc1ccccc1[N+](=O)[O-]. The number of anilines is 1. The predicted octanol–water partition coefficient (Wildman–Crippen LogP) is 3.05. The Bertz CT molecular complexity index is 527. The van der Waals surface area contributed by atoms with E-state index in [0.717, 1.165) is 6.54 Å². The third-order valence-electron chi connectivity index (χ3n) is 4.21. The minimum Gasteiger partial charge on any atom is -0.371 e. The van der Waals surface area contributed by atoms with Crippen molar-refractivity contribution >= 4 is 17.3 Å². The minimum absolute atomic E-state index is 0.00904. The highest BCUT2D eigenvalue weighted by Crippen LogP contribution is 2.25. The molecule has 22 heavy (non-hydrogen) atoms. The number of benzene rings is 1. The summed E-state index contributed by atoms with van der Waals surface area (Å²) < 4.78 is 0. The molecule has 1 N–H and O–H groups in total. The van der Waals surface area contributed by atoms with Crippen LogP contribution in [-0.2, 0) is 4.79 Å². The molecule has 0 bridgehead atoms. The first-order valence-corrected chi connectivity index (χ1v) is 7.79. The molecule has 6 heteroatoms. The quantitative estimate of drug-likeness (QED) is 0.647. The van der Waals surface area contributed by atoms with Crippen molar-refractivity contribution in [2.24, 2.45) is 5.92 Å². The number of nitrogens with one attached hydrogen (secondary N) is 1. The molecule has 1 aliphatic rings. The number of hydrogen-bond acceptors (Lipinski definition) is 4. The number of rotatable bonds is 6. The van der Waals surface area contributed by atoms with Crippen LogP contribution in [0.4, 0.5) is 11.4 Å². The lowest BCUT2D eigenvalue weighted by Gasteiger charge is -2.27. The normalized spacial score (nSPS) is 15.3. The number of para-hydroxylation sites is 2. The van der Waals surface area contributed by atoms with E-state index in [4.69, 9.17) is 0 Å². The highest BCUT2D eigenvalue weighted by atomic mass is 16.6. The summed E-state index contributed by atoms with van der Waals surface area (Å²) in [6.45, 7) is 0.853. The topological polar surface area (TPSA) is 75.5 Å². The molecule has 1 saturated carbocycles. The van der Waals surface area contributed by atoms with Crippen LogP contribution >= 0.6 is 0 Å². The molecule has 6 nitrogen and oxygen atoms in total. The van der Waals surface area contributed by atoms with Gasteiger partial charge in [0.2, 0.25) is 5.91 Å². The Morgan fingerprint density at radius 2 is 2.00 bits per heavy atom. The molecule has 120 valence electrons. The van der Waals surface area contributed by atoms with Crippen molar-refractivity contribution in [2.45, 2.75) is 32.1 Å². The van der Waals surface area contributed by atoms with Gasteiger partial charge in [-0.3, -0.25) is 14.9 Å². The minimum atomic E-state index is -0.446. The maximum Gasteiger partial charge on any atom is 0.292 e. The Kier molecular flexibility index (Phi) is 5.75. The van der Waals surface area contributed by atoms with E-state index in [-0.39, 0.29) is 18.1 Å². The summed E-state index contributed by atoms with van der Waals surface area (Å²) in [5, 5.41) is 13.8. The molecule has 1 fully saturated rings. The lowest BCUT2D eigenvalue weighted by Crippen LogP contribution is -2.36. The summed E-state index contributed by atoms with van der Waals surface area (Å²) in [5.74, 6) is 0.553. The van der Waals surface area contributed by atoms with Crippen molar-refractivity contribution in [3.8, 4) is 0 Å². The molecule has 0 aromatic heterocycles. The molecule has 0 saturated heterocycles. The van der Waals surface area contributed by atoms with Gasteiger partial charge in [0.05, 0.1) is 11.5 Å². The Labute approximate surface area is 130 Å². The van der Waals surface area contributed by atoms with E-state index < -0.39 is 4.92 Å². The molecule has 1 aromatic rings. The van der Waals surface area contributed by atoms with Crippen LogP contribution in [0.2, 0.25) is 0 Å². The molecule has 0 aliphatic heterocycles. The van der Waals surface area contributed by atoms with Gasteiger partial charge in [-0.2, -0.15) is 0 Å². The van der Waals surface area contributed by atoms with Crippen LogP contribution in [0.15, 0.2) is 24.3 Å². The largest absolute Gasteiger partial charge is 0.371 e. The van der Waals surface area contributed by atoms with Gasteiger partial charge in [-0.25, -0.2) is 0 Å². The van der Waals surface area contributed by atoms with E-state index in [1.807, 2.05) is 0 Å². The fraction of sp³-hybridized carbons (Fsp3) is 0.562. The molecular formula is C16H23N3O3. The van der Waals surface area contributed by atoms with Crippen molar-refractivity contribution < 1.29 is 9.72 Å². The summed E-state index contributed by atoms with van der Waals surface area (Å²) in [5.41, 5.74) is 0.372. The van der Waals surface area contributed by atoms with Crippen molar-refractivity contribution in [1.82, 2.24) is 4.90 Å². The predicted molar refractivity (Wildman–Crippen MR) is 85.8 cm³/mol. The fourth-order valence-corrected chi connectivity index (χ4v) is 2.95. The second-order valence-electron chi connectivity index (χ2n) is 5.91. The smallest absolute Gasteiger partial charge is 0.292 e. The average molecular weight is 305 g/mol. The zero-order valence-corrected chi connectivity index (χ0v) is 13.0. The van der Waals surface area contributed by atoms with E-state index in [2.05, 4.69) is 5.32 Å². The molecule has 1 aromatic carbocycles. The molecule has 0 unspecified atom stereocenters. The molecule has 0 spiro atoms. The lowest BCUT2D eigenvalue weighted by molar-refractivity contribution is -0.383. The highest BCUT2D eigenvalue weighted by Gasteiger charge is 2.19. The fourth-order valence-electron chi connectivity index (χ4n) is 2.95. The summed E-state index contributed by atoms with van der Waals surface area (Å²) in [4.78, 5) is 24.4. The lowest BCUT2D eigenvalue weighted by atomic mass is 9.89. The van der Waals surface area contributed by atoms with Gasteiger partial charge in [0.1, 0.15) is 5.69 Å². The van der Waals surface area contributed by atoms with Crippen LogP contribution in [-0.4, -0.2) is 35.9 Å². The van der Waals surface area contributed by atoms with E-state index >= 15 is 0 Å². The maximum absolute atomic E-state index is 12.2. The van der Waals surface area contributed by atoms with Gasteiger partial charge in [-0.1, -0.05) is 31.4 Å². The van der Waals surface area contributed by atoms with Crippen LogP contribution < -0.4 is 5.32 Å². The van der Waals surface area contributed by atoms with Crippen molar-refractivity contribution in [1.29, 1.82) is 0 Å². The molecule has 0 atom stereocenters. The van der Waals surface area contributed by atoms with Crippen LogP contribution in [0.25, 0.3) is 0 Å². The van der Waals surface area contributed by atoms with Crippen molar-refractivity contribution in [3.63, 3.8) is 0 Å². The maximum atomic E-state index is 12.2. The average Bonchev–Trinajstić information content (AvgIpc) is 2.53. The summed E-state index contributed by atoms with van der Waals surface area (Å²) in [6.07, 6.45) is 6.18. The first kappa shape index (κ1) is 16.3. The Morgan fingerprint density at radius 3 is 2.68 bits per heavy atom. The molecule has 0 radical (unpaired) electrons. The molecule has 1 aliphatic carbocycles. The zero-order chi connectivity index (χ0) is 15.9. The number of nitro groups is 1. The second-order valence-corrected chi connectivity index (χ2v) is 5.91. The first-order chi connectivity index (χ1) is 10.6. The van der Waals surface area contributed by atoms with Gasteiger partial charge in [0, 0.05) is 19.7 Å². The Morgan fingerprint density at radius 1 is 1.32 bits per heavy atom. The van der Waals surface area contributed by atoms with Gasteiger partial charge < -0.3 is 10.2 Å². The standard InChI is InChI=1S/C16H23N3O3/c1-18(12-13-7-3-2-4-8-13)16(20)11-17-14-9-5-6-10-15(14)19(21)22/h5-6,9-10,13,17H,2-4,7-8,11-12H2,1H3. The van der Waals surface area contributed by atoms with Gasteiger partial charge >= 0.3 is 0 Å². The van der Waals surface area contributed by atoms with E-state index in [1.165, 1.54) is 38.2 Å². The number of nitro benzene ring substituents is 1. The van der Waals surface area contributed by atoms with Gasteiger partial charge in [0.15, 0.2) is 0 Å². The third kappa shape index (κ3) is 4.44.